The molecule has 70 valence electrons. The zero-order valence-electron chi connectivity index (χ0n) is 7.00. The highest BCUT2D eigenvalue weighted by atomic mass is 19.3. The Morgan fingerprint density at radius 1 is 1.38 bits per heavy atom. The maximum absolute atomic E-state index is 13.2. The molecule has 1 aromatic heterocycles. The van der Waals surface area contributed by atoms with Crippen molar-refractivity contribution in [3.8, 4) is 0 Å². The lowest BCUT2D eigenvalue weighted by Crippen LogP contribution is -2.25. The summed E-state index contributed by atoms with van der Waals surface area (Å²) >= 11 is 0. The van der Waals surface area contributed by atoms with Crippen LogP contribution in [0.3, 0.4) is 0 Å². The number of hydrogen-bond donors (Lipinski definition) is 1. The number of hydrogen-bond acceptors (Lipinski definition) is 2. The van der Waals surface area contributed by atoms with Gasteiger partial charge in [-0.1, -0.05) is 0 Å². The molecule has 0 spiro atoms. The number of pyridine rings is 1. The summed E-state index contributed by atoms with van der Waals surface area (Å²) in [5.74, 6) is -3.32. The SMILES string of the molecule is FC1(F)CNC[C@H]1c1ccncc1. The standard InChI is InChI=1S/C9H10F2N2/c10-9(11)6-13-5-8(9)7-1-3-12-4-2-7/h1-4,8,13H,5-6H2/t8-/m0/s1. The van der Waals surface area contributed by atoms with Gasteiger partial charge in [0.1, 0.15) is 0 Å². The molecule has 1 atom stereocenters. The molecule has 0 bridgehead atoms. The highest BCUT2D eigenvalue weighted by Crippen LogP contribution is 2.35. The molecule has 1 aromatic rings. The van der Waals surface area contributed by atoms with Crippen LogP contribution >= 0.6 is 0 Å². The summed E-state index contributed by atoms with van der Waals surface area (Å²) in [6.07, 6.45) is 3.09. The molecule has 1 saturated heterocycles. The third-order valence-corrected chi connectivity index (χ3v) is 2.33. The Kier molecular flexibility index (Phi) is 2.00. The van der Waals surface area contributed by atoms with E-state index in [9.17, 15) is 8.78 Å². The minimum Gasteiger partial charge on any atom is -0.310 e. The second-order valence-electron chi connectivity index (χ2n) is 3.23. The van der Waals surface area contributed by atoms with E-state index >= 15 is 0 Å². The number of halogens is 2. The Bertz CT molecular complexity index is 287. The van der Waals surface area contributed by atoms with Gasteiger partial charge in [0, 0.05) is 18.9 Å². The summed E-state index contributed by atoms with van der Waals surface area (Å²) < 4.78 is 26.4. The van der Waals surface area contributed by atoms with Gasteiger partial charge >= 0.3 is 0 Å². The van der Waals surface area contributed by atoms with Crippen LogP contribution in [0.25, 0.3) is 0 Å². The summed E-state index contributed by atoms with van der Waals surface area (Å²) in [4.78, 5) is 3.80. The molecule has 0 aliphatic carbocycles. The van der Waals surface area contributed by atoms with Gasteiger partial charge in [-0.3, -0.25) is 4.98 Å². The number of nitrogens with zero attached hydrogens (tertiary/aromatic N) is 1. The van der Waals surface area contributed by atoms with Gasteiger partial charge in [-0.2, -0.15) is 0 Å². The van der Waals surface area contributed by atoms with Crippen LogP contribution in [-0.2, 0) is 0 Å². The molecular weight excluding hydrogens is 174 g/mol. The van der Waals surface area contributed by atoms with Crippen molar-refractivity contribution < 1.29 is 8.78 Å². The van der Waals surface area contributed by atoms with E-state index in [1.54, 1.807) is 24.5 Å². The van der Waals surface area contributed by atoms with Gasteiger partial charge in [-0.05, 0) is 17.7 Å². The maximum atomic E-state index is 13.2. The minimum absolute atomic E-state index is 0.222. The van der Waals surface area contributed by atoms with Crippen LogP contribution in [0, 0.1) is 0 Å². The van der Waals surface area contributed by atoms with E-state index in [0.717, 1.165) is 0 Å². The monoisotopic (exact) mass is 184 g/mol. The molecule has 0 aromatic carbocycles. The molecule has 0 radical (unpaired) electrons. The van der Waals surface area contributed by atoms with Crippen LogP contribution in [0.5, 0.6) is 0 Å². The molecule has 1 N–H and O–H groups in total. The van der Waals surface area contributed by atoms with Gasteiger partial charge in [-0.25, -0.2) is 8.78 Å². The molecule has 2 heterocycles. The summed E-state index contributed by atoms with van der Waals surface area (Å²) in [6, 6.07) is 3.29. The summed E-state index contributed by atoms with van der Waals surface area (Å²) in [7, 11) is 0. The third kappa shape index (κ3) is 1.54. The average molecular weight is 184 g/mol. The van der Waals surface area contributed by atoms with Crippen LogP contribution in [0.2, 0.25) is 0 Å². The van der Waals surface area contributed by atoms with E-state index in [4.69, 9.17) is 0 Å². The quantitative estimate of drug-likeness (QED) is 0.713. The number of alkyl halides is 2. The normalized spacial score (nSPS) is 26.2. The molecular formula is C9H10F2N2. The Balaban J connectivity index is 2.27. The van der Waals surface area contributed by atoms with Gasteiger partial charge in [-0.15, -0.1) is 0 Å². The molecule has 0 unspecified atom stereocenters. The predicted octanol–water partition coefficient (Wildman–Crippen LogP) is 1.40. The smallest absolute Gasteiger partial charge is 0.268 e. The molecule has 2 nitrogen and oxygen atoms in total. The molecule has 4 heteroatoms. The van der Waals surface area contributed by atoms with E-state index in [1.807, 2.05) is 0 Å². The maximum Gasteiger partial charge on any atom is 0.268 e. The van der Waals surface area contributed by atoms with Crippen molar-refractivity contribution >= 4 is 0 Å². The van der Waals surface area contributed by atoms with E-state index in [0.29, 0.717) is 12.1 Å². The number of nitrogens with one attached hydrogen (secondary N) is 1. The fraction of sp³-hybridized carbons (Fsp3) is 0.444. The first kappa shape index (κ1) is 8.56. The topological polar surface area (TPSA) is 24.9 Å². The second-order valence-corrected chi connectivity index (χ2v) is 3.23. The van der Waals surface area contributed by atoms with Gasteiger partial charge in [0.05, 0.1) is 12.5 Å². The van der Waals surface area contributed by atoms with Crippen LogP contribution in [-0.4, -0.2) is 24.0 Å². The van der Waals surface area contributed by atoms with Gasteiger partial charge in [0.25, 0.3) is 5.92 Å². The Labute approximate surface area is 75.0 Å². The van der Waals surface area contributed by atoms with Crippen molar-refractivity contribution in [2.45, 2.75) is 11.8 Å². The molecule has 1 fully saturated rings. The summed E-state index contributed by atoms with van der Waals surface area (Å²) in [5.41, 5.74) is 0.657. The molecule has 1 aliphatic rings. The second kappa shape index (κ2) is 3.03. The van der Waals surface area contributed by atoms with E-state index < -0.39 is 11.8 Å². The van der Waals surface area contributed by atoms with Crippen molar-refractivity contribution in [3.63, 3.8) is 0 Å². The van der Waals surface area contributed by atoms with Crippen LogP contribution in [0.1, 0.15) is 11.5 Å². The zero-order valence-corrected chi connectivity index (χ0v) is 7.00. The van der Waals surface area contributed by atoms with Crippen molar-refractivity contribution in [1.29, 1.82) is 0 Å². The zero-order chi connectivity index (χ0) is 9.31. The fourth-order valence-electron chi connectivity index (χ4n) is 1.61. The first-order chi connectivity index (χ1) is 6.20. The summed E-state index contributed by atoms with van der Waals surface area (Å²) in [6.45, 7) is 0.122. The van der Waals surface area contributed by atoms with Gasteiger partial charge in [0.15, 0.2) is 0 Å². The van der Waals surface area contributed by atoms with Gasteiger partial charge in [0.2, 0.25) is 0 Å². The van der Waals surface area contributed by atoms with Gasteiger partial charge < -0.3 is 5.32 Å². The van der Waals surface area contributed by atoms with Crippen molar-refractivity contribution in [1.82, 2.24) is 10.3 Å². The van der Waals surface area contributed by atoms with Crippen molar-refractivity contribution in [3.05, 3.63) is 30.1 Å². The van der Waals surface area contributed by atoms with Crippen LogP contribution < -0.4 is 5.32 Å². The Hall–Kier alpha value is -1.03. The van der Waals surface area contributed by atoms with Crippen molar-refractivity contribution in [2.75, 3.05) is 13.1 Å². The number of aromatic nitrogens is 1. The van der Waals surface area contributed by atoms with E-state index in [2.05, 4.69) is 10.3 Å². The highest BCUT2D eigenvalue weighted by molar-refractivity contribution is 5.21. The minimum atomic E-state index is -2.62. The highest BCUT2D eigenvalue weighted by Gasteiger charge is 2.44. The predicted molar refractivity (Wildman–Crippen MR) is 44.8 cm³/mol. The van der Waals surface area contributed by atoms with E-state index in [-0.39, 0.29) is 6.54 Å². The first-order valence-corrected chi connectivity index (χ1v) is 4.18. The lowest BCUT2D eigenvalue weighted by Gasteiger charge is -2.17. The lowest BCUT2D eigenvalue weighted by molar-refractivity contribution is 0.00576. The first-order valence-electron chi connectivity index (χ1n) is 4.18. The summed E-state index contributed by atoms with van der Waals surface area (Å²) in [5, 5.41) is 2.69. The largest absolute Gasteiger partial charge is 0.310 e. The van der Waals surface area contributed by atoms with E-state index in [1.165, 1.54) is 0 Å². The van der Waals surface area contributed by atoms with Crippen LogP contribution in [0.15, 0.2) is 24.5 Å². The number of rotatable bonds is 1. The molecule has 13 heavy (non-hydrogen) atoms. The Morgan fingerprint density at radius 2 is 2.08 bits per heavy atom. The molecule has 2 rings (SSSR count). The van der Waals surface area contributed by atoms with Crippen LogP contribution in [0.4, 0.5) is 8.78 Å². The molecule has 0 saturated carbocycles. The van der Waals surface area contributed by atoms with Crippen molar-refractivity contribution in [2.24, 2.45) is 0 Å². The average Bonchev–Trinajstić information content (AvgIpc) is 2.47. The third-order valence-electron chi connectivity index (χ3n) is 2.33. The molecule has 0 amide bonds. The Morgan fingerprint density at radius 3 is 2.62 bits per heavy atom. The molecule has 1 aliphatic heterocycles. The fourth-order valence-corrected chi connectivity index (χ4v) is 1.61. The lowest BCUT2D eigenvalue weighted by atomic mass is 9.97.